The van der Waals surface area contributed by atoms with Gasteiger partial charge in [0.1, 0.15) is 0 Å². The van der Waals surface area contributed by atoms with Crippen LogP contribution in [0.15, 0.2) is 0 Å². The summed E-state index contributed by atoms with van der Waals surface area (Å²) in [5, 5.41) is 0. The highest BCUT2D eigenvalue weighted by atomic mass is 17.0. The van der Waals surface area contributed by atoms with Crippen LogP contribution >= 0.6 is 0 Å². The van der Waals surface area contributed by atoms with Gasteiger partial charge in [-0.1, -0.05) is 0 Å². The van der Waals surface area contributed by atoms with Crippen molar-refractivity contribution in [2.75, 3.05) is 28.4 Å². The number of methoxy groups -OCH3 is 4. The van der Waals surface area contributed by atoms with Crippen LogP contribution in [-0.4, -0.2) is 40.4 Å². The summed E-state index contributed by atoms with van der Waals surface area (Å²) in [6.45, 7) is 3.23. The van der Waals surface area contributed by atoms with Crippen LogP contribution in [-0.2, 0) is 23.7 Å². The van der Waals surface area contributed by atoms with Crippen molar-refractivity contribution in [2.24, 2.45) is 0 Å². The van der Waals surface area contributed by atoms with Crippen LogP contribution in [0.1, 0.15) is 13.8 Å². The zero-order valence-electron chi connectivity index (χ0n) is 9.04. The van der Waals surface area contributed by atoms with E-state index in [9.17, 15) is 0 Å². The van der Waals surface area contributed by atoms with Gasteiger partial charge in [0.25, 0.3) is 11.9 Å². The average molecular weight is 194 g/mol. The lowest BCUT2D eigenvalue weighted by atomic mass is 10.5. The van der Waals surface area contributed by atoms with Gasteiger partial charge in [-0.2, -0.15) is 0 Å². The Balaban J connectivity index is 4.36. The van der Waals surface area contributed by atoms with Crippen molar-refractivity contribution in [1.29, 1.82) is 0 Å². The third-order valence-corrected chi connectivity index (χ3v) is 1.85. The monoisotopic (exact) mass is 194 g/mol. The standard InChI is InChI=1S/C8H18O5/c1-7(9-3,10-4)13-8(2,11-5)12-6/h1-6H3. The Labute approximate surface area is 78.9 Å². The molecule has 0 fully saturated rings. The molecule has 0 aliphatic rings. The fourth-order valence-corrected chi connectivity index (χ4v) is 0.670. The highest BCUT2D eigenvalue weighted by Crippen LogP contribution is 2.23. The third-order valence-electron chi connectivity index (χ3n) is 1.85. The Morgan fingerprint density at radius 3 is 1.00 bits per heavy atom. The second-order valence-corrected chi connectivity index (χ2v) is 2.64. The molecule has 0 aromatic heterocycles. The summed E-state index contributed by atoms with van der Waals surface area (Å²) in [4.78, 5) is 0. The van der Waals surface area contributed by atoms with Crippen LogP contribution < -0.4 is 0 Å². The lowest BCUT2D eigenvalue weighted by Gasteiger charge is -2.35. The van der Waals surface area contributed by atoms with E-state index in [1.54, 1.807) is 13.8 Å². The quantitative estimate of drug-likeness (QED) is 0.589. The molecule has 13 heavy (non-hydrogen) atoms. The minimum absolute atomic E-state index is 1.18. The van der Waals surface area contributed by atoms with E-state index in [2.05, 4.69) is 0 Å². The third kappa shape index (κ3) is 3.58. The van der Waals surface area contributed by atoms with Crippen LogP contribution in [0.2, 0.25) is 0 Å². The van der Waals surface area contributed by atoms with Crippen LogP contribution in [0.5, 0.6) is 0 Å². The molecular weight excluding hydrogens is 176 g/mol. The number of rotatable bonds is 6. The Morgan fingerprint density at radius 1 is 0.615 bits per heavy atom. The van der Waals surface area contributed by atoms with Gasteiger partial charge in [0.15, 0.2) is 0 Å². The van der Waals surface area contributed by atoms with Crippen molar-refractivity contribution in [1.82, 2.24) is 0 Å². The summed E-state index contributed by atoms with van der Waals surface area (Å²) >= 11 is 0. The van der Waals surface area contributed by atoms with Crippen molar-refractivity contribution in [3.05, 3.63) is 0 Å². The second kappa shape index (κ2) is 4.88. The van der Waals surface area contributed by atoms with Crippen molar-refractivity contribution < 1.29 is 23.7 Å². The molecule has 0 saturated carbocycles. The zero-order valence-corrected chi connectivity index (χ0v) is 9.04. The molecule has 80 valence electrons. The van der Waals surface area contributed by atoms with E-state index in [0.717, 1.165) is 0 Å². The van der Waals surface area contributed by atoms with Gasteiger partial charge in [-0.15, -0.1) is 0 Å². The predicted molar refractivity (Wildman–Crippen MR) is 45.9 cm³/mol. The maximum Gasteiger partial charge on any atom is 0.283 e. The Bertz CT molecular complexity index is 123. The van der Waals surface area contributed by atoms with Crippen molar-refractivity contribution in [3.8, 4) is 0 Å². The molecule has 5 heteroatoms. The van der Waals surface area contributed by atoms with Gasteiger partial charge in [-0.25, -0.2) is 0 Å². The van der Waals surface area contributed by atoms with Gasteiger partial charge < -0.3 is 18.9 Å². The Kier molecular flexibility index (Phi) is 4.80. The lowest BCUT2D eigenvalue weighted by Crippen LogP contribution is -2.45. The van der Waals surface area contributed by atoms with Crippen LogP contribution in [0.3, 0.4) is 0 Å². The van der Waals surface area contributed by atoms with Crippen molar-refractivity contribution >= 4 is 0 Å². The van der Waals surface area contributed by atoms with Crippen LogP contribution in [0, 0.1) is 0 Å². The lowest BCUT2D eigenvalue weighted by molar-refractivity contribution is -0.477. The van der Waals surface area contributed by atoms with Gasteiger partial charge in [-0.3, -0.25) is 4.74 Å². The fraction of sp³-hybridized carbons (Fsp3) is 1.00. The molecule has 0 spiro atoms. The highest BCUT2D eigenvalue weighted by molar-refractivity contribution is 4.52. The van der Waals surface area contributed by atoms with Crippen molar-refractivity contribution in [3.63, 3.8) is 0 Å². The summed E-state index contributed by atoms with van der Waals surface area (Å²) in [5.41, 5.74) is 0. The molecular formula is C8H18O5. The van der Waals surface area contributed by atoms with Crippen LogP contribution in [0.25, 0.3) is 0 Å². The molecule has 0 saturated heterocycles. The summed E-state index contributed by atoms with van der Waals surface area (Å²) in [5.74, 6) is -2.36. The summed E-state index contributed by atoms with van der Waals surface area (Å²) < 4.78 is 25.3. The summed E-state index contributed by atoms with van der Waals surface area (Å²) in [6, 6.07) is 0. The Hall–Kier alpha value is -0.200. The van der Waals surface area contributed by atoms with Gasteiger partial charge in [-0.05, 0) is 0 Å². The van der Waals surface area contributed by atoms with E-state index < -0.39 is 11.9 Å². The SMILES string of the molecule is COC(C)(OC)OC(C)(OC)OC. The van der Waals surface area contributed by atoms with E-state index in [0.29, 0.717) is 0 Å². The molecule has 0 atom stereocenters. The first kappa shape index (κ1) is 12.8. The van der Waals surface area contributed by atoms with Crippen molar-refractivity contribution in [2.45, 2.75) is 25.8 Å². The molecule has 0 radical (unpaired) electrons. The van der Waals surface area contributed by atoms with Crippen LogP contribution in [0.4, 0.5) is 0 Å². The van der Waals surface area contributed by atoms with E-state index in [1.165, 1.54) is 28.4 Å². The maximum atomic E-state index is 5.33. The molecule has 0 N–H and O–H groups in total. The number of ether oxygens (including phenoxy) is 5. The molecule has 0 rings (SSSR count). The van der Waals surface area contributed by atoms with E-state index in [4.69, 9.17) is 23.7 Å². The first-order valence-corrected chi connectivity index (χ1v) is 3.86. The van der Waals surface area contributed by atoms with E-state index in [1.807, 2.05) is 0 Å². The predicted octanol–water partition coefficient (Wildman–Crippen LogP) is 0.936. The minimum Gasteiger partial charge on any atom is -0.331 e. The van der Waals surface area contributed by atoms with Gasteiger partial charge in [0.05, 0.1) is 0 Å². The molecule has 0 aromatic rings. The van der Waals surface area contributed by atoms with Gasteiger partial charge in [0, 0.05) is 42.3 Å². The molecule has 5 nitrogen and oxygen atoms in total. The smallest absolute Gasteiger partial charge is 0.283 e. The Morgan fingerprint density at radius 2 is 0.846 bits per heavy atom. The molecule has 0 bridgehead atoms. The molecule has 0 unspecified atom stereocenters. The molecule has 0 aliphatic carbocycles. The van der Waals surface area contributed by atoms with Gasteiger partial charge in [0.2, 0.25) is 0 Å². The number of hydrogen-bond acceptors (Lipinski definition) is 5. The zero-order chi connectivity index (χ0) is 10.5. The minimum atomic E-state index is -1.18. The number of hydrogen-bond donors (Lipinski definition) is 0. The second-order valence-electron chi connectivity index (χ2n) is 2.64. The van der Waals surface area contributed by atoms with E-state index in [-0.39, 0.29) is 0 Å². The largest absolute Gasteiger partial charge is 0.331 e. The van der Waals surface area contributed by atoms with Gasteiger partial charge >= 0.3 is 0 Å². The topological polar surface area (TPSA) is 46.2 Å². The summed E-state index contributed by atoms with van der Waals surface area (Å²) in [6.07, 6.45) is 0. The normalized spacial score (nSPS) is 13.4. The first-order valence-electron chi connectivity index (χ1n) is 3.86. The molecule has 0 heterocycles. The highest BCUT2D eigenvalue weighted by Gasteiger charge is 2.36. The first-order chi connectivity index (χ1) is 5.95. The van der Waals surface area contributed by atoms with E-state index >= 15 is 0 Å². The summed E-state index contributed by atoms with van der Waals surface area (Å²) in [7, 11) is 5.87. The fourth-order valence-electron chi connectivity index (χ4n) is 0.670. The molecule has 0 amide bonds. The maximum absolute atomic E-state index is 5.33. The molecule has 0 aliphatic heterocycles. The molecule has 0 aromatic carbocycles. The average Bonchev–Trinajstić information content (AvgIpc) is 2.17.